The van der Waals surface area contributed by atoms with Gasteiger partial charge in [-0.1, -0.05) is 20.3 Å². The summed E-state index contributed by atoms with van der Waals surface area (Å²) in [5.41, 5.74) is 1.12. The SMILES string of the molecule is CCC(C)CNc1cnn(CCN(C)C)c1. The lowest BCUT2D eigenvalue weighted by molar-refractivity contribution is 0.373. The molecule has 4 nitrogen and oxygen atoms in total. The van der Waals surface area contributed by atoms with E-state index in [1.165, 1.54) is 6.42 Å². The molecule has 4 heteroatoms. The van der Waals surface area contributed by atoms with Gasteiger partial charge in [0.2, 0.25) is 0 Å². The van der Waals surface area contributed by atoms with E-state index in [1.54, 1.807) is 0 Å². The van der Waals surface area contributed by atoms with Gasteiger partial charge in [0.15, 0.2) is 0 Å². The first-order valence-electron chi connectivity index (χ1n) is 6.03. The van der Waals surface area contributed by atoms with Crippen LogP contribution in [-0.2, 0) is 6.54 Å². The maximum absolute atomic E-state index is 4.32. The molecule has 1 atom stereocenters. The van der Waals surface area contributed by atoms with Crippen LogP contribution in [0.1, 0.15) is 20.3 Å². The molecule has 1 heterocycles. The average molecular weight is 224 g/mol. The molecule has 16 heavy (non-hydrogen) atoms. The molecule has 1 unspecified atom stereocenters. The van der Waals surface area contributed by atoms with Crippen molar-refractivity contribution in [3.63, 3.8) is 0 Å². The summed E-state index contributed by atoms with van der Waals surface area (Å²) in [5, 5.41) is 7.73. The van der Waals surface area contributed by atoms with E-state index < -0.39 is 0 Å². The molecule has 0 aliphatic carbocycles. The summed E-state index contributed by atoms with van der Waals surface area (Å²) >= 11 is 0. The number of aromatic nitrogens is 2. The van der Waals surface area contributed by atoms with Gasteiger partial charge in [-0.3, -0.25) is 4.68 Å². The van der Waals surface area contributed by atoms with Crippen molar-refractivity contribution in [2.45, 2.75) is 26.8 Å². The van der Waals surface area contributed by atoms with Crippen LogP contribution in [0.15, 0.2) is 12.4 Å². The maximum atomic E-state index is 4.32. The molecule has 0 aromatic carbocycles. The van der Waals surface area contributed by atoms with Gasteiger partial charge >= 0.3 is 0 Å². The molecule has 0 aliphatic heterocycles. The monoisotopic (exact) mass is 224 g/mol. The van der Waals surface area contributed by atoms with Gasteiger partial charge in [0.05, 0.1) is 18.4 Å². The fourth-order valence-corrected chi connectivity index (χ4v) is 1.32. The van der Waals surface area contributed by atoms with Crippen molar-refractivity contribution in [2.75, 3.05) is 32.5 Å². The van der Waals surface area contributed by atoms with Gasteiger partial charge in [-0.2, -0.15) is 5.10 Å². The van der Waals surface area contributed by atoms with Crippen LogP contribution in [0, 0.1) is 5.92 Å². The number of nitrogens with one attached hydrogen (secondary N) is 1. The molecule has 0 radical (unpaired) electrons. The van der Waals surface area contributed by atoms with E-state index >= 15 is 0 Å². The Bertz CT molecular complexity index is 293. The van der Waals surface area contributed by atoms with Gasteiger partial charge in [-0.15, -0.1) is 0 Å². The van der Waals surface area contributed by atoms with E-state index in [2.05, 4.69) is 49.5 Å². The quantitative estimate of drug-likeness (QED) is 0.768. The highest BCUT2D eigenvalue weighted by Crippen LogP contribution is 2.07. The lowest BCUT2D eigenvalue weighted by atomic mass is 10.1. The third-order valence-electron chi connectivity index (χ3n) is 2.76. The molecule has 1 rings (SSSR count). The minimum Gasteiger partial charge on any atom is -0.382 e. The Morgan fingerprint density at radius 2 is 2.25 bits per heavy atom. The molecule has 0 bridgehead atoms. The second kappa shape index (κ2) is 6.53. The molecular weight excluding hydrogens is 200 g/mol. The van der Waals surface area contributed by atoms with Crippen molar-refractivity contribution in [1.29, 1.82) is 0 Å². The third-order valence-corrected chi connectivity index (χ3v) is 2.76. The van der Waals surface area contributed by atoms with Crippen LogP contribution < -0.4 is 5.32 Å². The molecule has 0 saturated heterocycles. The van der Waals surface area contributed by atoms with E-state index in [1.807, 2.05) is 10.9 Å². The fourth-order valence-electron chi connectivity index (χ4n) is 1.32. The standard InChI is InChI=1S/C12H24N4/c1-5-11(2)8-13-12-9-14-16(10-12)7-6-15(3)4/h9-11,13H,5-8H2,1-4H3. The summed E-state index contributed by atoms with van der Waals surface area (Å²) in [6.45, 7) is 7.46. The molecule has 92 valence electrons. The molecule has 0 fully saturated rings. The maximum Gasteiger partial charge on any atom is 0.0726 e. The number of hydrogen-bond donors (Lipinski definition) is 1. The lowest BCUT2D eigenvalue weighted by Crippen LogP contribution is -2.18. The van der Waals surface area contributed by atoms with Crippen LogP contribution >= 0.6 is 0 Å². The lowest BCUT2D eigenvalue weighted by Gasteiger charge is -2.10. The summed E-state index contributed by atoms with van der Waals surface area (Å²) < 4.78 is 1.99. The Morgan fingerprint density at radius 3 is 2.88 bits per heavy atom. The first-order chi connectivity index (χ1) is 7.61. The zero-order valence-corrected chi connectivity index (χ0v) is 10.9. The highest BCUT2D eigenvalue weighted by Gasteiger charge is 2.01. The molecule has 0 spiro atoms. The van der Waals surface area contributed by atoms with Gasteiger partial charge in [0, 0.05) is 19.3 Å². The van der Waals surface area contributed by atoms with Crippen LogP contribution in [0.2, 0.25) is 0 Å². The second-order valence-electron chi connectivity index (χ2n) is 4.69. The van der Waals surface area contributed by atoms with Gasteiger partial charge in [0.25, 0.3) is 0 Å². The Balaban J connectivity index is 2.33. The van der Waals surface area contributed by atoms with Gasteiger partial charge in [0.1, 0.15) is 0 Å². The van der Waals surface area contributed by atoms with E-state index in [-0.39, 0.29) is 0 Å². The first-order valence-corrected chi connectivity index (χ1v) is 6.03. The smallest absolute Gasteiger partial charge is 0.0726 e. The molecule has 1 N–H and O–H groups in total. The average Bonchev–Trinajstić information content (AvgIpc) is 2.71. The Labute approximate surface area is 98.6 Å². The molecule has 0 amide bonds. The van der Waals surface area contributed by atoms with Crippen molar-refractivity contribution in [3.05, 3.63) is 12.4 Å². The minimum atomic E-state index is 0.713. The number of rotatable bonds is 7. The molecule has 0 saturated carbocycles. The summed E-state index contributed by atoms with van der Waals surface area (Å²) in [6, 6.07) is 0. The van der Waals surface area contributed by atoms with Crippen molar-refractivity contribution < 1.29 is 0 Å². The normalized spacial score (nSPS) is 13.1. The summed E-state index contributed by atoms with van der Waals surface area (Å²) in [5.74, 6) is 0.713. The predicted molar refractivity (Wildman–Crippen MR) is 68.7 cm³/mol. The van der Waals surface area contributed by atoms with Gasteiger partial charge in [-0.25, -0.2) is 0 Å². The first kappa shape index (κ1) is 13.0. The Hall–Kier alpha value is -1.03. The van der Waals surface area contributed by atoms with E-state index in [9.17, 15) is 0 Å². The Kier molecular flexibility index (Phi) is 5.32. The van der Waals surface area contributed by atoms with E-state index in [0.29, 0.717) is 5.92 Å². The highest BCUT2D eigenvalue weighted by atomic mass is 15.3. The zero-order chi connectivity index (χ0) is 12.0. The van der Waals surface area contributed by atoms with Crippen LogP contribution in [0.5, 0.6) is 0 Å². The number of likely N-dealkylation sites (N-methyl/N-ethyl adjacent to an activating group) is 1. The van der Waals surface area contributed by atoms with Crippen LogP contribution in [0.25, 0.3) is 0 Å². The predicted octanol–water partition coefficient (Wildman–Crippen LogP) is 1.90. The second-order valence-corrected chi connectivity index (χ2v) is 4.69. The van der Waals surface area contributed by atoms with Crippen LogP contribution in [-0.4, -0.2) is 41.9 Å². The topological polar surface area (TPSA) is 33.1 Å². The van der Waals surface area contributed by atoms with E-state index in [4.69, 9.17) is 0 Å². The van der Waals surface area contributed by atoms with Crippen LogP contribution in [0.3, 0.4) is 0 Å². The highest BCUT2D eigenvalue weighted by molar-refractivity contribution is 5.37. The number of hydrogen-bond acceptors (Lipinski definition) is 3. The van der Waals surface area contributed by atoms with Crippen LogP contribution in [0.4, 0.5) is 5.69 Å². The fraction of sp³-hybridized carbons (Fsp3) is 0.750. The van der Waals surface area contributed by atoms with Crippen molar-refractivity contribution in [3.8, 4) is 0 Å². The third kappa shape index (κ3) is 4.66. The van der Waals surface area contributed by atoms with Crippen molar-refractivity contribution >= 4 is 5.69 Å². The summed E-state index contributed by atoms with van der Waals surface area (Å²) in [7, 11) is 4.15. The largest absolute Gasteiger partial charge is 0.382 e. The Morgan fingerprint density at radius 1 is 1.50 bits per heavy atom. The summed E-state index contributed by atoms with van der Waals surface area (Å²) in [4.78, 5) is 2.16. The minimum absolute atomic E-state index is 0.713. The molecule has 0 aliphatic rings. The van der Waals surface area contributed by atoms with Crippen molar-refractivity contribution in [2.24, 2.45) is 5.92 Å². The van der Waals surface area contributed by atoms with E-state index in [0.717, 1.165) is 25.3 Å². The molecular formula is C12H24N4. The number of nitrogens with zero attached hydrogens (tertiary/aromatic N) is 3. The van der Waals surface area contributed by atoms with Gasteiger partial charge in [-0.05, 0) is 20.0 Å². The summed E-state index contributed by atoms with van der Waals surface area (Å²) in [6.07, 6.45) is 5.19. The molecule has 1 aromatic heterocycles. The van der Waals surface area contributed by atoms with Gasteiger partial charge < -0.3 is 10.2 Å². The van der Waals surface area contributed by atoms with Crippen molar-refractivity contribution in [1.82, 2.24) is 14.7 Å². The zero-order valence-electron chi connectivity index (χ0n) is 10.9. The molecule has 1 aromatic rings. The number of anilines is 1.